The summed E-state index contributed by atoms with van der Waals surface area (Å²) >= 11 is 0. The van der Waals surface area contributed by atoms with Crippen LogP contribution in [0, 0.1) is 12.8 Å². The van der Waals surface area contributed by atoms with Gasteiger partial charge in [-0.05, 0) is 43.9 Å². The molecule has 2 heterocycles. The zero-order valence-corrected chi connectivity index (χ0v) is 9.91. The fraction of sp³-hybridized carbons (Fsp3) is 0.615. The van der Waals surface area contributed by atoms with Gasteiger partial charge >= 0.3 is 0 Å². The maximum absolute atomic E-state index is 5.35. The maximum Gasteiger partial charge on any atom is 0.0495 e. The third kappa shape index (κ3) is 3.58. The second-order valence-electron chi connectivity index (χ2n) is 4.50. The third-order valence-electron chi connectivity index (χ3n) is 3.06. The first-order valence-electron chi connectivity index (χ1n) is 6.04. The van der Waals surface area contributed by atoms with E-state index in [4.69, 9.17) is 4.74 Å². The molecule has 1 aromatic rings. The molecule has 1 aliphatic rings. The zero-order valence-electron chi connectivity index (χ0n) is 9.91. The van der Waals surface area contributed by atoms with Gasteiger partial charge in [0.1, 0.15) is 0 Å². The van der Waals surface area contributed by atoms with Gasteiger partial charge in [0, 0.05) is 31.6 Å². The van der Waals surface area contributed by atoms with Gasteiger partial charge in [-0.1, -0.05) is 6.07 Å². The van der Waals surface area contributed by atoms with Gasteiger partial charge in [0.05, 0.1) is 0 Å². The van der Waals surface area contributed by atoms with Crippen molar-refractivity contribution < 1.29 is 4.74 Å². The summed E-state index contributed by atoms with van der Waals surface area (Å²) in [5, 5.41) is 3.45. The standard InChI is InChI=1S/C13H20N2O/c1-11-2-3-13(9-15-11)8-14-6-4-12-5-7-16-10-12/h2-3,9,12,14H,4-8,10H2,1H3. The van der Waals surface area contributed by atoms with E-state index >= 15 is 0 Å². The summed E-state index contributed by atoms with van der Waals surface area (Å²) in [6.07, 6.45) is 4.40. The van der Waals surface area contributed by atoms with Crippen LogP contribution in [0.15, 0.2) is 18.3 Å². The average molecular weight is 220 g/mol. The highest BCUT2D eigenvalue weighted by atomic mass is 16.5. The number of pyridine rings is 1. The predicted octanol–water partition coefficient (Wildman–Crippen LogP) is 1.91. The molecule has 0 bridgehead atoms. The average Bonchev–Trinajstić information content (AvgIpc) is 2.80. The Hall–Kier alpha value is -0.930. The van der Waals surface area contributed by atoms with Crippen LogP contribution < -0.4 is 5.32 Å². The molecule has 1 unspecified atom stereocenters. The maximum atomic E-state index is 5.35. The summed E-state index contributed by atoms with van der Waals surface area (Å²) in [5.74, 6) is 0.767. The van der Waals surface area contributed by atoms with Gasteiger partial charge in [-0.3, -0.25) is 4.98 Å². The quantitative estimate of drug-likeness (QED) is 0.770. The Balaban J connectivity index is 1.62. The summed E-state index contributed by atoms with van der Waals surface area (Å²) in [6, 6.07) is 4.19. The van der Waals surface area contributed by atoms with E-state index in [9.17, 15) is 0 Å². The fourth-order valence-electron chi connectivity index (χ4n) is 1.95. The number of nitrogens with one attached hydrogen (secondary N) is 1. The molecule has 0 saturated carbocycles. The SMILES string of the molecule is Cc1ccc(CNCCC2CCOC2)cn1. The fourth-order valence-corrected chi connectivity index (χ4v) is 1.95. The Morgan fingerprint density at radius 3 is 3.12 bits per heavy atom. The van der Waals surface area contributed by atoms with Crippen molar-refractivity contribution in [1.29, 1.82) is 0 Å². The number of hydrogen-bond acceptors (Lipinski definition) is 3. The van der Waals surface area contributed by atoms with Crippen LogP contribution in [0.5, 0.6) is 0 Å². The van der Waals surface area contributed by atoms with E-state index in [1.165, 1.54) is 18.4 Å². The van der Waals surface area contributed by atoms with E-state index in [0.717, 1.165) is 37.9 Å². The second kappa shape index (κ2) is 5.97. The van der Waals surface area contributed by atoms with Gasteiger partial charge < -0.3 is 10.1 Å². The lowest BCUT2D eigenvalue weighted by atomic mass is 10.1. The van der Waals surface area contributed by atoms with Crippen molar-refractivity contribution in [2.45, 2.75) is 26.3 Å². The van der Waals surface area contributed by atoms with E-state index in [-0.39, 0.29) is 0 Å². The molecule has 0 aliphatic carbocycles. The van der Waals surface area contributed by atoms with Crippen molar-refractivity contribution in [1.82, 2.24) is 10.3 Å². The molecule has 3 nitrogen and oxygen atoms in total. The first-order valence-corrected chi connectivity index (χ1v) is 6.04. The molecule has 1 atom stereocenters. The molecule has 0 amide bonds. The molecule has 1 saturated heterocycles. The molecular formula is C13H20N2O. The van der Waals surface area contributed by atoms with Gasteiger partial charge in [-0.15, -0.1) is 0 Å². The van der Waals surface area contributed by atoms with Gasteiger partial charge in [0.2, 0.25) is 0 Å². The largest absolute Gasteiger partial charge is 0.381 e. The number of hydrogen-bond donors (Lipinski definition) is 1. The summed E-state index contributed by atoms with van der Waals surface area (Å²) in [7, 11) is 0. The van der Waals surface area contributed by atoms with Crippen molar-refractivity contribution in [3.8, 4) is 0 Å². The van der Waals surface area contributed by atoms with Gasteiger partial charge in [-0.25, -0.2) is 0 Å². The van der Waals surface area contributed by atoms with Crippen LogP contribution in [0.25, 0.3) is 0 Å². The van der Waals surface area contributed by atoms with E-state index in [1.54, 1.807) is 0 Å². The van der Waals surface area contributed by atoms with Gasteiger partial charge in [-0.2, -0.15) is 0 Å². The van der Waals surface area contributed by atoms with Crippen molar-refractivity contribution in [2.24, 2.45) is 5.92 Å². The minimum atomic E-state index is 0.767. The van der Waals surface area contributed by atoms with Crippen LogP contribution in [0.3, 0.4) is 0 Å². The lowest BCUT2D eigenvalue weighted by molar-refractivity contribution is 0.184. The molecular weight excluding hydrogens is 200 g/mol. The Kier molecular flexibility index (Phi) is 4.31. The van der Waals surface area contributed by atoms with Crippen LogP contribution in [0.4, 0.5) is 0 Å². The Labute approximate surface area is 97.2 Å². The van der Waals surface area contributed by atoms with Crippen molar-refractivity contribution >= 4 is 0 Å². The van der Waals surface area contributed by atoms with Crippen molar-refractivity contribution in [2.75, 3.05) is 19.8 Å². The van der Waals surface area contributed by atoms with E-state index < -0.39 is 0 Å². The molecule has 1 N–H and O–H groups in total. The molecule has 1 aliphatic heterocycles. The smallest absolute Gasteiger partial charge is 0.0495 e. The number of aryl methyl sites for hydroxylation is 1. The lowest BCUT2D eigenvalue weighted by Gasteiger charge is -2.08. The highest BCUT2D eigenvalue weighted by Crippen LogP contribution is 2.15. The van der Waals surface area contributed by atoms with Crippen LogP contribution in [0.2, 0.25) is 0 Å². The molecule has 1 fully saturated rings. The van der Waals surface area contributed by atoms with Crippen LogP contribution >= 0.6 is 0 Å². The Morgan fingerprint density at radius 1 is 1.50 bits per heavy atom. The minimum absolute atomic E-state index is 0.767. The highest BCUT2D eigenvalue weighted by molar-refractivity contribution is 5.12. The highest BCUT2D eigenvalue weighted by Gasteiger charge is 2.14. The molecule has 0 spiro atoms. The number of nitrogens with zero attached hydrogens (tertiary/aromatic N) is 1. The topological polar surface area (TPSA) is 34.1 Å². The van der Waals surface area contributed by atoms with E-state index in [2.05, 4.69) is 22.4 Å². The summed E-state index contributed by atoms with van der Waals surface area (Å²) in [5.41, 5.74) is 2.33. The van der Waals surface area contributed by atoms with E-state index in [0.29, 0.717) is 0 Å². The normalized spacial score (nSPS) is 20.2. The Morgan fingerprint density at radius 2 is 2.44 bits per heavy atom. The summed E-state index contributed by atoms with van der Waals surface area (Å²) < 4.78 is 5.35. The second-order valence-corrected chi connectivity index (χ2v) is 4.50. The number of aromatic nitrogens is 1. The lowest BCUT2D eigenvalue weighted by Crippen LogP contribution is -2.18. The van der Waals surface area contributed by atoms with Gasteiger partial charge in [0.15, 0.2) is 0 Å². The van der Waals surface area contributed by atoms with Crippen molar-refractivity contribution in [3.05, 3.63) is 29.6 Å². The molecule has 0 radical (unpaired) electrons. The first kappa shape index (κ1) is 11.6. The van der Waals surface area contributed by atoms with Gasteiger partial charge in [0.25, 0.3) is 0 Å². The molecule has 2 rings (SSSR count). The molecule has 0 aromatic carbocycles. The summed E-state index contributed by atoms with van der Waals surface area (Å²) in [6.45, 7) is 5.90. The predicted molar refractivity (Wildman–Crippen MR) is 64.2 cm³/mol. The summed E-state index contributed by atoms with van der Waals surface area (Å²) in [4.78, 5) is 4.28. The molecule has 16 heavy (non-hydrogen) atoms. The van der Waals surface area contributed by atoms with Crippen LogP contribution in [-0.4, -0.2) is 24.7 Å². The van der Waals surface area contributed by atoms with Crippen molar-refractivity contribution in [3.63, 3.8) is 0 Å². The first-order chi connectivity index (χ1) is 7.84. The molecule has 88 valence electrons. The zero-order chi connectivity index (χ0) is 11.2. The minimum Gasteiger partial charge on any atom is -0.381 e. The monoisotopic (exact) mass is 220 g/mol. The van der Waals surface area contributed by atoms with Crippen LogP contribution in [-0.2, 0) is 11.3 Å². The number of rotatable bonds is 5. The molecule has 3 heteroatoms. The Bertz CT molecular complexity index is 304. The third-order valence-corrected chi connectivity index (χ3v) is 3.06. The van der Waals surface area contributed by atoms with E-state index in [1.807, 2.05) is 13.1 Å². The number of ether oxygens (including phenoxy) is 1. The van der Waals surface area contributed by atoms with Crippen LogP contribution in [0.1, 0.15) is 24.1 Å². The molecule has 1 aromatic heterocycles.